The summed E-state index contributed by atoms with van der Waals surface area (Å²) in [5.41, 5.74) is 1.06. The number of hydrogen-bond acceptors (Lipinski definition) is 2. The molecule has 0 aliphatic carbocycles. The van der Waals surface area contributed by atoms with Crippen LogP contribution in [0.4, 0.5) is 0 Å². The Morgan fingerprint density at radius 3 is 2.56 bits per heavy atom. The van der Waals surface area contributed by atoms with Gasteiger partial charge in [-0.1, -0.05) is 13.8 Å². The summed E-state index contributed by atoms with van der Waals surface area (Å²) < 4.78 is 0. The molecule has 0 saturated heterocycles. The maximum absolute atomic E-state index is 5.45. The fourth-order valence-electron chi connectivity index (χ4n) is 0.782. The highest BCUT2D eigenvalue weighted by Crippen LogP contribution is 2.09. The number of rotatable bonds is 1. The average molecular weight is 125 g/mol. The molecule has 0 spiro atoms. The van der Waals surface area contributed by atoms with Crippen LogP contribution in [0.15, 0.2) is 12.3 Å². The number of aromatic nitrogens is 2. The third-order valence-electron chi connectivity index (χ3n) is 1.29. The van der Waals surface area contributed by atoms with E-state index in [0.29, 0.717) is 5.92 Å². The van der Waals surface area contributed by atoms with Crippen molar-refractivity contribution in [2.45, 2.75) is 19.8 Å². The summed E-state index contributed by atoms with van der Waals surface area (Å²) in [5.74, 6) is 5.90. The normalized spacial score (nSPS) is 10.6. The van der Waals surface area contributed by atoms with Crippen molar-refractivity contribution >= 4 is 0 Å². The molecule has 0 radical (unpaired) electrons. The zero-order chi connectivity index (χ0) is 6.85. The van der Waals surface area contributed by atoms with Gasteiger partial charge in [-0.25, -0.2) is 0 Å². The Balaban J connectivity index is 2.94. The highest BCUT2D eigenvalue weighted by molar-refractivity contribution is 5.04. The Labute approximate surface area is 54.4 Å². The Morgan fingerprint density at radius 1 is 1.67 bits per heavy atom. The summed E-state index contributed by atoms with van der Waals surface area (Å²) in [6.07, 6.45) is 1.70. The molecule has 0 fully saturated rings. The van der Waals surface area contributed by atoms with E-state index in [1.807, 2.05) is 6.07 Å². The second kappa shape index (κ2) is 2.09. The van der Waals surface area contributed by atoms with Gasteiger partial charge in [-0.05, 0) is 12.0 Å². The summed E-state index contributed by atoms with van der Waals surface area (Å²) in [5, 5.41) is 3.83. The SMILES string of the molecule is CC(C)c1ccnn1N. The maximum Gasteiger partial charge on any atom is 0.0642 e. The minimum atomic E-state index is 0.456. The lowest BCUT2D eigenvalue weighted by Crippen LogP contribution is -2.14. The van der Waals surface area contributed by atoms with Crippen LogP contribution in [0.3, 0.4) is 0 Å². The summed E-state index contributed by atoms with van der Waals surface area (Å²) in [7, 11) is 0. The summed E-state index contributed by atoms with van der Waals surface area (Å²) in [6.45, 7) is 4.17. The van der Waals surface area contributed by atoms with Gasteiger partial charge in [-0.2, -0.15) is 9.89 Å². The molecule has 0 unspecified atom stereocenters. The first-order valence-corrected chi connectivity index (χ1v) is 3.01. The quantitative estimate of drug-likeness (QED) is 0.562. The van der Waals surface area contributed by atoms with E-state index in [4.69, 9.17) is 5.84 Å². The Hall–Kier alpha value is -0.990. The summed E-state index contributed by atoms with van der Waals surface area (Å²) >= 11 is 0. The molecule has 1 aromatic rings. The fraction of sp³-hybridized carbons (Fsp3) is 0.500. The van der Waals surface area contributed by atoms with Gasteiger partial charge < -0.3 is 5.84 Å². The molecular formula is C6H11N3. The molecule has 1 rings (SSSR count). The summed E-state index contributed by atoms with van der Waals surface area (Å²) in [4.78, 5) is 1.41. The molecule has 0 aromatic carbocycles. The van der Waals surface area contributed by atoms with Gasteiger partial charge in [0, 0.05) is 0 Å². The molecule has 3 nitrogen and oxygen atoms in total. The van der Waals surface area contributed by atoms with Gasteiger partial charge in [0.2, 0.25) is 0 Å². The van der Waals surface area contributed by atoms with Crippen molar-refractivity contribution in [2.75, 3.05) is 5.84 Å². The van der Waals surface area contributed by atoms with Crippen LogP contribution in [0.2, 0.25) is 0 Å². The topological polar surface area (TPSA) is 43.8 Å². The first-order valence-electron chi connectivity index (χ1n) is 3.01. The van der Waals surface area contributed by atoms with E-state index in [9.17, 15) is 0 Å². The third kappa shape index (κ3) is 1.04. The monoisotopic (exact) mass is 125 g/mol. The van der Waals surface area contributed by atoms with Gasteiger partial charge in [0.25, 0.3) is 0 Å². The molecule has 50 valence electrons. The highest BCUT2D eigenvalue weighted by atomic mass is 15.5. The molecule has 9 heavy (non-hydrogen) atoms. The van der Waals surface area contributed by atoms with Gasteiger partial charge in [0.05, 0.1) is 11.9 Å². The molecule has 1 aromatic heterocycles. The Bertz CT molecular complexity index is 190. The van der Waals surface area contributed by atoms with Crippen LogP contribution >= 0.6 is 0 Å². The van der Waals surface area contributed by atoms with E-state index >= 15 is 0 Å². The van der Waals surface area contributed by atoms with Gasteiger partial charge in [-0.15, -0.1) is 0 Å². The molecule has 1 heterocycles. The minimum absolute atomic E-state index is 0.456. The van der Waals surface area contributed by atoms with Crippen molar-refractivity contribution in [1.29, 1.82) is 0 Å². The van der Waals surface area contributed by atoms with E-state index in [1.54, 1.807) is 6.20 Å². The van der Waals surface area contributed by atoms with E-state index < -0.39 is 0 Å². The first-order chi connectivity index (χ1) is 4.22. The zero-order valence-corrected chi connectivity index (χ0v) is 5.70. The molecule has 0 amide bonds. The lowest BCUT2D eigenvalue weighted by molar-refractivity contribution is 0.707. The van der Waals surface area contributed by atoms with Gasteiger partial charge in [0.1, 0.15) is 0 Å². The molecule has 0 aliphatic heterocycles. The van der Waals surface area contributed by atoms with E-state index in [2.05, 4.69) is 18.9 Å². The second-order valence-electron chi connectivity index (χ2n) is 2.36. The van der Waals surface area contributed by atoms with E-state index in [1.165, 1.54) is 4.79 Å². The van der Waals surface area contributed by atoms with Gasteiger partial charge in [0.15, 0.2) is 0 Å². The van der Waals surface area contributed by atoms with Crippen LogP contribution in [0, 0.1) is 0 Å². The highest BCUT2D eigenvalue weighted by Gasteiger charge is 2.01. The fourth-order valence-corrected chi connectivity index (χ4v) is 0.782. The zero-order valence-electron chi connectivity index (χ0n) is 5.70. The molecule has 0 atom stereocenters. The molecule has 3 heteroatoms. The third-order valence-corrected chi connectivity index (χ3v) is 1.29. The van der Waals surface area contributed by atoms with Gasteiger partial charge >= 0.3 is 0 Å². The standard InChI is InChI=1S/C6H11N3/c1-5(2)6-3-4-8-9(6)7/h3-5H,7H2,1-2H3. The van der Waals surface area contributed by atoms with Crippen LogP contribution in [-0.2, 0) is 0 Å². The molecule has 0 saturated carbocycles. The van der Waals surface area contributed by atoms with Crippen LogP contribution in [0.5, 0.6) is 0 Å². The lowest BCUT2D eigenvalue weighted by atomic mass is 10.1. The number of nitrogens with two attached hydrogens (primary N) is 1. The van der Waals surface area contributed by atoms with Crippen LogP contribution in [0.25, 0.3) is 0 Å². The van der Waals surface area contributed by atoms with Crippen LogP contribution < -0.4 is 5.84 Å². The Kier molecular flexibility index (Phi) is 1.42. The number of nitrogen functional groups attached to an aromatic ring is 1. The van der Waals surface area contributed by atoms with E-state index in [0.717, 1.165) is 5.69 Å². The average Bonchev–Trinajstić information content (AvgIpc) is 2.13. The van der Waals surface area contributed by atoms with Crippen molar-refractivity contribution in [3.8, 4) is 0 Å². The Morgan fingerprint density at radius 2 is 2.33 bits per heavy atom. The molecule has 2 N–H and O–H groups in total. The second-order valence-corrected chi connectivity index (χ2v) is 2.36. The predicted molar refractivity (Wildman–Crippen MR) is 36.5 cm³/mol. The van der Waals surface area contributed by atoms with E-state index in [-0.39, 0.29) is 0 Å². The number of hydrogen-bond donors (Lipinski definition) is 1. The van der Waals surface area contributed by atoms with Gasteiger partial charge in [-0.3, -0.25) is 0 Å². The summed E-state index contributed by atoms with van der Waals surface area (Å²) in [6, 6.07) is 1.92. The minimum Gasteiger partial charge on any atom is -0.323 e. The van der Waals surface area contributed by atoms with Crippen molar-refractivity contribution in [3.05, 3.63) is 18.0 Å². The van der Waals surface area contributed by atoms with Crippen molar-refractivity contribution in [1.82, 2.24) is 9.89 Å². The molecule has 0 aliphatic rings. The maximum atomic E-state index is 5.45. The van der Waals surface area contributed by atoms with Crippen molar-refractivity contribution in [3.63, 3.8) is 0 Å². The van der Waals surface area contributed by atoms with Crippen molar-refractivity contribution in [2.24, 2.45) is 0 Å². The van der Waals surface area contributed by atoms with Crippen molar-refractivity contribution < 1.29 is 0 Å². The molecule has 0 bridgehead atoms. The largest absolute Gasteiger partial charge is 0.323 e. The first kappa shape index (κ1) is 6.13. The molecular weight excluding hydrogens is 114 g/mol. The van der Waals surface area contributed by atoms with Crippen LogP contribution in [0.1, 0.15) is 25.5 Å². The number of nitrogens with zero attached hydrogens (tertiary/aromatic N) is 2. The van der Waals surface area contributed by atoms with Crippen LogP contribution in [-0.4, -0.2) is 9.89 Å². The predicted octanol–water partition coefficient (Wildman–Crippen LogP) is 0.720. The lowest BCUT2D eigenvalue weighted by Gasteiger charge is -2.02. The smallest absolute Gasteiger partial charge is 0.0642 e.